The van der Waals surface area contributed by atoms with Crippen molar-refractivity contribution in [3.8, 4) is 0 Å². The van der Waals surface area contributed by atoms with Crippen LogP contribution in [0.5, 0.6) is 0 Å². The number of carbonyl (C=O) groups is 3. The molecule has 0 bridgehead atoms. The summed E-state index contributed by atoms with van der Waals surface area (Å²) in [5, 5.41) is 5.85. The van der Waals surface area contributed by atoms with Crippen molar-refractivity contribution in [2.45, 2.75) is 66.4 Å². The van der Waals surface area contributed by atoms with Gasteiger partial charge < -0.3 is 34.8 Å². The quantitative estimate of drug-likeness (QED) is 0.130. The van der Waals surface area contributed by atoms with Crippen LogP contribution in [0.15, 0.2) is 42.5 Å². The van der Waals surface area contributed by atoms with Crippen LogP contribution in [0.3, 0.4) is 0 Å². The van der Waals surface area contributed by atoms with E-state index in [0.29, 0.717) is 28.8 Å². The van der Waals surface area contributed by atoms with Gasteiger partial charge in [-0.3, -0.25) is 9.32 Å². The van der Waals surface area contributed by atoms with Crippen LogP contribution in [0, 0.1) is 18.8 Å². The van der Waals surface area contributed by atoms with Gasteiger partial charge in [0.2, 0.25) is 0 Å². The lowest BCUT2D eigenvalue weighted by Gasteiger charge is -2.31. The maximum atomic E-state index is 13.2. The van der Waals surface area contributed by atoms with Crippen LogP contribution in [-0.2, 0) is 28.2 Å². The average Bonchev–Trinajstić information content (AvgIpc) is 2.91. The van der Waals surface area contributed by atoms with E-state index in [1.807, 2.05) is 49.4 Å². The monoisotopic (exact) mass is 635 g/mol. The highest BCUT2D eigenvalue weighted by Gasteiger charge is 2.26. The molecule has 0 saturated carbocycles. The summed E-state index contributed by atoms with van der Waals surface area (Å²) in [7, 11) is -3.60. The van der Waals surface area contributed by atoms with Gasteiger partial charge in [-0.1, -0.05) is 51.5 Å². The van der Waals surface area contributed by atoms with Crippen LogP contribution in [0.2, 0.25) is 0 Å². The fraction of sp³-hybridized carbons (Fsp3) is 0.516. The first-order valence-corrected chi connectivity index (χ1v) is 16.1. The number of esters is 2. The standard InChI is InChI=1S/C31H46N3O9P/c1-20(2)18-34(19-21(3)4)28-13-10-24(16-27(28)33-31(37)32-26-11-8-22(5)9-12-26)25(17-29(35)41-7)14-15-42-30(36)23(6)43-44(38,39)40/h8-13,16,20-21,23,25H,14-15,17-19H2,1-7H3,(H2,32,33,37)(H2,38,39,40)/t23-,25-/m0/s1. The lowest BCUT2D eigenvalue weighted by Crippen LogP contribution is -2.32. The third-order valence-corrected chi connectivity index (χ3v) is 7.13. The number of hydrogen-bond acceptors (Lipinski definition) is 8. The molecule has 0 aliphatic rings. The molecule has 0 fully saturated rings. The zero-order chi connectivity index (χ0) is 33.0. The largest absolute Gasteiger partial charge is 0.470 e. The summed E-state index contributed by atoms with van der Waals surface area (Å²) < 4.78 is 25.5. The molecular weight excluding hydrogens is 589 g/mol. The number of benzene rings is 2. The van der Waals surface area contributed by atoms with Gasteiger partial charge in [0, 0.05) is 18.8 Å². The summed E-state index contributed by atoms with van der Waals surface area (Å²) in [6, 6.07) is 12.6. The average molecular weight is 636 g/mol. The lowest BCUT2D eigenvalue weighted by molar-refractivity contribution is -0.152. The van der Waals surface area contributed by atoms with Gasteiger partial charge >= 0.3 is 25.8 Å². The van der Waals surface area contributed by atoms with Crippen LogP contribution >= 0.6 is 7.82 Å². The van der Waals surface area contributed by atoms with Crippen molar-refractivity contribution in [1.82, 2.24) is 0 Å². The minimum Gasteiger partial charge on any atom is -0.469 e. The number of phosphoric acid groups is 1. The number of phosphoric ester groups is 1. The molecule has 4 N–H and O–H groups in total. The molecule has 0 aromatic heterocycles. The molecule has 0 aliphatic heterocycles. The number of rotatable bonds is 16. The highest BCUT2D eigenvalue weighted by molar-refractivity contribution is 7.46. The summed E-state index contributed by atoms with van der Waals surface area (Å²) in [5.74, 6) is -1.19. The van der Waals surface area contributed by atoms with Gasteiger partial charge in [-0.25, -0.2) is 14.2 Å². The maximum Gasteiger partial charge on any atom is 0.470 e. The van der Waals surface area contributed by atoms with E-state index in [4.69, 9.17) is 19.3 Å². The smallest absolute Gasteiger partial charge is 0.469 e. The Morgan fingerprint density at radius 2 is 1.55 bits per heavy atom. The number of ether oxygens (including phenoxy) is 2. The number of nitrogens with one attached hydrogen (secondary N) is 2. The molecule has 2 rings (SSSR count). The van der Waals surface area contributed by atoms with Crippen LogP contribution in [0.1, 0.15) is 64.5 Å². The van der Waals surface area contributed by atoms with Gasteiger partial charge in [0.1, 0.15) is 0 Å². The van der Waals surface area contributed by atoms with Gasteiger partial charge in [-0.05, 0) is 67.9 Å². The van der Waals surface area contributed by atoms with Crippen molar-refractivity contribution >= 4 is 42.9 Å². The number of urea groups is 1. The number of nitrogens with zero attached hydrogens (tertiary/aromatic N) is 1. The third kappa shape index (κ3) is 13.1. The van der Waals surface area contributed by atoms with E-state index >= 15 is 0 Å². The predicted octanol–water partition coefficient (Wildman–Crippen LogP) is 5.84. The van der Waals surface area contributed by atoms with Gasteiger partial charge in [0.05, 0.1) is 31.5 Å². The number of aryl methyl sites for hydroxylation is 1. The highest BCUT2D eigenvalue weighted by Crippen LogP contribution is 2.38. The Balaban J connectivity index is 2.40. The second-order valence-corrected chi connectivity index (χ2v) is 12.8. The Kier molecular flexibility index (Phi) is 14.3. The van der Waals surface area contributed by atoms with Gasteiger partial charge in [0.15, 0.2) is 6.10 Å². The molecule has 2 atom stereocenters. The molecule has 2 aromatic carbocycles. The zero-order valence-electron chi connectivity index (χ0n) is 26.5. The molecule has 0 spiro atoms. The lowest BCUT2D eigenvalue weighted by atomic mass is 9.91. The van der Waals surface area contributed by atoms with Crippen LogP contribution in [0.4, 0.5) is 21.9 Å². The van der Waals surface area contributed by atoms with Gasteiger partial charge in [-0.2, -0.15) is 0 Å². The van der Waals surface area contributed by atoms with Crippen molar-refractivity contribution < 1.29 is 42.7 Å². The van der Waals surface area contributed by atoms with E-state index in [1.165, 1.54) is 14.0 Å². The first-order chi connectivity index (χ1) is 20.6. The summed E-state index contributed by atoms with van der Waals surface area (Å²) in [4.78, 5) is 57.9. The van der Waals surface area contributed by atoms with E-state index in [2.05, 4.69) is 47.8 Å². The number of hydrogen-bond donors (Lipinski definition) is 4. The normalized spacial score (nSPS) is 12.9. The van der Waals surface area contributed by atoms with Crippen LogP contribution < -0.4 is 15.5 Å². The minimum atomic E-state index is -4.88. The molecule has 44 heavy (non-hydrogen) atoms. The molecule has 0 heterocycles. The summed E-state index contributed by atoms with van der Waals surface area (Å²) in [6.07, 6.45) is -1.32. The summed E-state index contributed by atoms with van der Waals surface area (Å²) >= 11 is 0. The van der Waals surface area contributed by atoms with E-state index in [0.717, 1.165) is 24.3 Å². The Labute approximate surface area is 259 Å². The second-order valence-electron chi connectivity index (χ2n) is 11.6. The molecule has 244 valence electrons. The van der Waals surface area contributed by atoms with Crippen LogP contribution in [0.25, 0.3) is 0 Å². The highest BCUT2D eigenvalue weighted by atomic mass is 31.2. The van der Waals surface area contributed by atoms with Crippen molar-refractivity contribution in [3.63, 3.8) is 0 Å². The van der Waals surface area contributed by atoms with Crippen LogP contribution in [-0.4, -0.2) is 60.7 Å². The molecule has 0 aliphatic carbocycles. The number of carbonyl (C=O) groups excluding carboxylic acids is 3. The van der Waals surface area contributed by atoms with Crippen molar-refractivity contribution in [1.29, 1.82) is 0 Å². The van der Waals surface area contributed by atoms with E-state index in [1.54, 1.807) is 0 Å². The number of methoxy groups -OCH3 is 1. The van der Waals surface area contributed by atoms with E-state index in [9.17, 15) is 18.9 Å². The molecule has 0 unspecified atom stereocenters. The molecule has 2 aromatic rings. The molecule has 2 amide bonds. The summed E-state index contributed by atoms with van der Waals surface area (Å²) in [6.45, 7) is 13.0. The first-order valence-electron chi connectivity index (χ1n) is 14.6. The topological polar surface area (TPSA) is 164 Å². The Hall–Kier alpha value is -3.44. The fourth-order valence-electron chi connectivity index (χ4n) is 4.60. The third-order valence-electron chi connectivity index (χ3n) is 6.54. The Morgan fingerprint density at radius 3 is 2.09 bits per heavy atom. The van der Waals surface area contributed by atoms with Gasteiger partial charge in [0.25, 0.3) is 0 Å². The van der Waals surface area contributed by atoms with E-state index in [-0.39, 0.29) is 19.4 Å². The minimum absolute atomic E-state index is 0.0291. The second kappa shape index (κ2) is 17.2. The maximum absolute atomic E-state index is 13.2. The van der Waals surface area contributed by atoms with Crippen molar-refractivity contribution in [2.24, 2.45) is 11.8 Å². The molecule has 0 saturated heterocycles. The molecular formula is C31H46N3O9P. The molecule has 0 radical (unpaired) electrons. The summed E-state index contributed by atoms with van der Waals surface area (Å²) in [5.41, 5.74) is 3.77. The Morgan fingerprint density at radius 1 is 0.932 bits per heavy atom. The van der Waals surface area contributed by atoms with Crippen molar-refractivity contribution in [3.05, 3.63) is 53.6 Å². The number of amides is 2. The van der Waals surface area contributed by atoms with Gasteiger partial charge in [-0.15, -0.1) is 0 Å². The Bertz CT molecular complexity index is 1280. The predicted molar refractivity (Wildman–Crippen MR) is 170 cm³/mol. The van der Waals surface area contributed by atoms with Crippen molar-refractivity contribution in [2.75, 3.05) is 42.3 Å². The van der Waals surface area contributed by atoms with E-state index < -0.39 is 37.8 Å². The zero-order valence-corrected chi connectivity index (χ0v) is 27.4. The molecule has 12 nitrogen and oxygen atoms in total. The number of anilines is 3. The fourth-order valence-corrected chi connectivity index (χ4v) is 5.10. The molecule has 13 heteroatoms. The first kappa shape index (κ1) is 36.8. The SMILES string of the molecule is COC(=O)C[C@H](CCOC(=O)[C@H](C)OP(=O)(O)O)c1ccc(N(CC(C)C)CC(C)C)c(NC(=O)Nc2ccc(C)cc2)c1.